The number of rotatable bonds is 2. The standard InChI is InChI=1S/C22H26N4/c1-21(2,3)17-11-7-15(8-12-17)19-23-25-20(26-24-19)16-9-13-18(14-10-16)22(4,5)6/h7-14H,1-6H3. The minimum atomic E-state index is 0.124. The van der Waals surface area contributed by atoms with Crippen LogP contribution in [0.3, 0.4) is 0 Å². The molecule has 0 bridgehead atoms. The van der Waals surface area contributed by atoms with Crippen LogP contribution in [0.5, 0.6) is 0 Å². The third-order valence-electron chi connectivity index (χ3n) is 4.50. The van der Waals surface area contributed by atoms with Crippen molar-refractivity contribution < 1.29 is 0 Å². The van der Waals surface area contributed by atoms with E-state index in [4.69, 9.17) is 0 Å². The summed E-state index contributed by atoms with van der Waals surface area (Å²) in [7, 11) is 0. The van der Waals surface area contributed by atoms with Crippen LogP contribution in [0.2, 0.25) is 0 Å². The summed E-state index contributed by atoms with van der Waals surface area (Å²) in [6.07, 6.45) is 0. The zero-order valence-corrected chi connectivity index (χ0v) is 16.4. The van der Waals surface area contributed by atoms with Crippen molar-refractivity contribution in [2.24, 2.45) is 0 Å². The fraction of sp³-hybridized carbons (Fsp3) is 0.364. The highest BCUT2D eigenvalue weighted by atomic mass is 15.3. The summed E-state index contributed by atoms with van der Waals surface area (Å²) in [6, 6.07) is 16.5. The average molecular weight is 346 g/mol. The minimum Gasteiger partial charge on any atom is -0.126 e. The highest BCUT2D eigenvalue weighted by Crippen LogP contribution is 2.26. The Balaban J connectivity index is 1.82. The van der Waals surface area contributed by atoms with E-state index in [0.29, 0.717) is 11.6 Å². The fourth-order valence-corrected chi connectivity index (χ4v) is 2.70. The fourth-order valence-electron chi connectivity index (χ4n) is 2.70. The van der Waals surface area contributed by atoms with E-state index in [1.807, 2.05) is 24.3 Å². The Morgan fingerprint density at radius 2 is 0.731 bits per heavy atom. The van der Waals surface area contributed by atoms with Crippen molar-refractivity contribution in [1.82, 2.24) is 20.4 Å². The molecule has 0 unspecified atom stereocenters. The second kappa shape index (κ2) is 6.60. The minimum absolute atomic E-state index is 0.124. The van der Waals surface area contributed by atoms with E-state index in [1.165, 1.54) is 11.1 Å². The maximum Gasteiger partial charge on any atom is 0.203 e. The smallest absolute Gasteiger partial charge is 0.126 e. The molecule has 2 aromatic carbocycles. The van der Waals surface area contributed by atoms with E-state index in [2.05, 4.69) is 86.2 Å². The lowest BCUT2D eigenvalue weighted by Crippen LogP contribution is -2.10. The molecule has 3 aromatic rings. The van der Waals surface area contributed by atoms with Gasteiger partial charge >= 0.3 is 0 Å². The normalized spacial score (nSPS) is 12.2. The van der Waals surface area contributed by atoms with Gasteiger partial charge in [0.05, 0.1) is 0 Å². The van der Waals surface area contributed by atoms with Crippen molar-refractivity contribution >= 4 is 0 Å². The van der Waals surface area contributed by atoms with Crippen LogP contribution >= 0.6 is 0 Å². The van der Waals surface area contributed by atoms with Gasteiger partial charge in [-0.05, 0) is 22.0 Å². The van der Waals surface area contributed by atoms with E-state index in [-0.39, 0.29) is 10.8 Å². The first-order chi connectivity index (χ1) is 12.1. The van der Waals surface area contributed by atoms with Gasteiger partial charge in [-0.1, -0.05) is 90.1 Å². The molecule has 0 saturated carbocycles. The van der Waals surface area contributed by atoms with Crippen LogP contribution in [0.15, 0.2) is 48.5 Å². The summed E-state index contributed by atoms with van der Waals surface area (Å²) >= 11 is 0. The third-order valence-corrected chi connectivity index (χ3v) is 4.50. The number of aromatic nitrogens is 4. The van der Waals surface area contributed by atoms with Crippen molar-refractivity contribution in [3.8, 4) is 22.8 Å². The summed E-state index contributed by atoms with van der Waals surface area (Å²) in [5.74, 6) is 1.08. The van der Waals surface area contributed by atoms with Crippen molar-refractivity contribution in [2.75, 3.05) is 0 Å². The van der Waals surface area contributed by atoms with E-state index >= 15 is 0 Å². The summed E-state index contributed by atoms with van der Waals surface area (Å²) in [6.45, 7) is 13.2. The van der Waals surface area contributed by atoms with Crippen LogP contribution in [0.4, 0.5) is 0 Å². The topological polar surface area (TPSA) is 51.6 Å². The predicted octanol–water partition coefficient (Wildman–Crippen LogP) is 5.20. The molecular weight excluding hydrogens is 320 g/mol. The second-order valence-corrected chi connectivity index (χ2v) is 8.70. The highest BCUT2D eigenvalue weighted by molar-refractivity contribution is 5.57. The van der Waals surface area contributed by atoms with Gasteiger partial charge in [0.25, 0.3) is 0 Å². The molecule has 0 N–H and O–H groups in total. The molecule has 134 valence electrons. The SMILES string of the molecule is CC(C)(C)c1ccc(-c2nnc(-c3ccc(C(C)(C)C)cc3)nn2)cc1. The van der Waals surface area contributed by atoms with Gasteiger partial charge in [0.15, 0.2) is 0 Å². The molecule has 0 amide bonds. The lowest BCUT2D eigenvalue weighted by atomic mass is 9.86. The molecule has 0 atom stereocenters. The van der Waals surface area contributed by atoms with E-state index in [0.717, 1.165) is 11.1 Å². The van der Waals surface area contributed by atoms with Gasteiger partial charge < -0.3 is 0 Å². The Bertz CT molecular complexity index is 789. The Kier molecular flexibility index (Phi) is 4.61. The Morgan fingerprint density at radius 3 is 0.962 bits per heavy atom. The average Bonchev–Trinajstić information content (AvgIpc) is 2.61. The lowest BCUT2D eigenvalue weighted by Gasteiger charge is -2.19. The van der Waals surface area contributed by atoms with Crippen LogP contribution in [-0.2, 0) is 10.8 Å². The number of hydrogen-bond donors (Lipinski definition) is 0. The molecule has 0 fully saturated rings. The second-order valence-electron chi connectivity index (χ2n) is 8.70. The van der Waals surface area contributed by atoms with Gasteiger partial charge in [0, 0.05) is 11.1 Å². The van der Waals surface area contributed by atoms with Gasteiger partial charge in [-0.3, -0.25) is 0 Å². The molecule has 0 aliphatic heterocycles. The van der Waals surface area contributed by atoms with Crippen molar-refractivity contribution in [3.05, 3.63) is 59.7 Å². The molecule has 1 heterocycles. The Hall–Kier alpha value is -2.62. The molecule has 0 spiro atoms. The highest BCUT2D eigenvalue weighted by Gasteiger charge is 2.15. The van der Waals surface area contributed by atoms with Crippen LogP contribution in [0, 0.1) is 0 Å². The van der Waals surface area contributed by atoms with Crippen molar-refractivity contribution in [1.29, 1.82) is 0 Å². The molecule has 1 aromatic heterocycles. The van der Waals surface area contributed by atoms with E-state index < -0.39 is 0 Å². The van der Waals surface area contributed by atoms with Gasteiger partial charge in [0.1, 0.15) is 0 Å². The van der Waals surface area contributed by atoms with Crippen LogP contribution in [0.1, 0.15) is 52.7 Å². The summed E-state index contributed by atoms with van der Waals surface area (Å²) < 4.78 is 0. The zero-order valence-electron chi connectivity index (χ0n) is 16.4. The first kappa shape index (κ1) is 18.2. The third kappa shape index (κ3) is 3.96. The first-order valence-corrected chi connectivity index (χ1v) is 8.94. The zero-order chi connectivity index (χ0) is 18.9. The largest absolute Gasteiger partial charge is 0.203 e. The Morgan fingerprint density at radius 1 is 0.462 bits per heavy atom. The maximum atomic E-state index is 4.26. The molecule has 3 rings (SSSR count). The molecule has 0 aliphatic carbocycles. The van der Waals surface area contributed by atoms with Gasteiger partial charge in [0.2, 0.25) is 11.6 Å². The molecule has 0 aliphatic rings. The molecular formula is C22H26N4. The molecule has 4 heteroatoms. The quantitative estimate of drug-likeness (QED) is 0.640. The van der Waals surface area contributed by atoms with E-state index in [9.17, 15) is 0 Å². The van der Waals surface area contributed by atoms with Crippen molar-refractivity contribution in [2.45, 2.75) is 52.4 Å². The molecule has 0 radical (unpaired) electrons. The molecule has 4 nitrogen and oxygen atoms in total. The number of hydrogen-bond acceptors (Lipinski definition) is 4. The van der Waals surface area contributed by atoms with Crippen LogP contribution in [0.25, 0.3) is 22.8 Å². The van der Waals surface area contributed by atoms with Gasteiger partial charge in [-0.15, -0.1) is 20.4 Å². The number of benzene rings is 2. The summed E-state index contributed by atoms with van der Waals surface area (Å²) in [5.41, 5.74) is 4.65. The van der Waals surface area contributed by atoms with Crippen LogP contribution < -0.4 is 0 Å². The maximum absolute atomic E-state index is 4.26. The predicted molar refractivity (Wildman–Crippen MR) is 106 cm³/mol. The lowest BCUT2D eigenvalue weighted by molar-refractivity contribution is 0.590. The molecule has 0 saturated heterocycles. The summed E-state index contributed by atoms with van der Waals surface area (Å²) in [4.78, 5) is 0. The first-order valence-electron chi connectivity index (χ1n) is 8.94. The number of nitrogens with zero attached hydrogens (tertiary/aromatic N) is 4. The van der Waals surface area contributed by atoms with E-state index in [1.54, 1.807) is 0 Å². The monoisotopic (exact) mass is 346 g/mol. The molecule has 26 heavy (non-hydrogen) atoms. The van der Waals surface area contributed by atoms with Crippen molar-refractivity contribution in [3.63, 3.8) is 0 Å². The van der Waals surface area contributed by atoms with Gasteiger partial charge in [-0.25, -0.2) is 0 Å². The van der Waals surface area contributed by atoms with Crippen LogP contribution in [-0.4, -0.2) is 20.4 Å². The summed E-state index contributed by atoms with van der Waals surface area (Å²) in [5, 5.41) is 17.1. The Labute approximate surface area is 155 Å². The van der Waals surface area contributed by atoms with Gasteiger partial charge in [-0.2, -0.15) is 0 Å².